The van der Waals surface area contributed by atoms with Gasteiger partial charge in [-0.25, -0.2) is 8.78 Å². The fourth-order valence-electron chi connectivity index (χ4n) is 10.7. The van der Waals surface area contributed by atoms with Crippen molar-refractivity contribution in [3.05, 3.63) is 23.8 Å². The first-order valence-corrected chi connectivity index (χ1v) is 16.3. The summed E-state index contributed by atoms with van der Waals surface area (Å²) < 4.78 is 29.8. The van der Waals surface area contributed by atoms with E-state index in [4.69, 9.17) is 4.84 Å². The molecule has 0 bridgehead atoms. The van der Waals surface area contributed by atoms with Gasteiger partial charge in [0.2, 0.25) is 5.12 Å². The van der Waals surface area contributed by atoms with Crippen LogP contribution in [0.4, 0.5) is 8.78 Å². The monoisotopic (exact) mass is 577 g/mol. The number of ketones is 1. The zero-order valence-corrected chi connectivity index (χ0v) is 25.2. The summed E-state index contributed by atoms with van der Waals surface area (Å²) in [5.41, 5.74) is -3.76. The standard InChI is InChI=1S/C32H45F2NO4S/c1-28-12-10-22(36)14-23(28)24(34)15-25-29(2)16-21-18-35(13-11-20-8-6-5-7-9-20)39-32(21,27(38)40-19-33)30(29,3)17-26(37)31(25,28)4/h10,12,14,20-21,24-26,37H,5-9,11,13,15-19H2,1-4H3/t21-,24-,25-,26-,28-,29-,30-,31+,32-/m0/s1. The molecular weight excluding hydrogens is 532 g/mol. The molecule has 6 aliphatic rings. The van der Waals surface area contributed by atoms with Gasteiger partial charge in [-0.05, 0) is 60.7 Å². The zero-order chi connectivity index (χ0) is 28.7. The molecular formula is C32H45F2NO4S. The Morgan fingerprint density at radius 2 is 1.90 bits per heavy atom. The van der Waals surface area contributed by atoms with E-state index in [1.54, 1.807) is 6.08 Å². The van der Waals surface area contributed by atoms with Crippen molar-refractivity contribution < 1.29 is 28.3 Å². The number of aliphatic hydroxyl groups is 1. The molecule has 1 heterocycles. The minimum absolute atomic E-state index is 0.166. The van der Waals surface area contributed by atoms with Crippen molar-refractivity contribution in [1.82, 2.24) is 5.06 Å². The highest BCUT2D eigenvalue weighted by Gasteiger charge is 2.82. The van der Waals surface area contributed by atoms with E-state index in [1.807, 2.05) is 25.8 Å². The number of halogens is 2. The number of fused-ring (bicyclic) bond motifs is 7. The van der Waals surface area contributed by atoms with Crippen LogP contribution in [0, 0.1) is 39.4 Å². The van der Waals surface area contributed by atoms with E-state index in [-0.39, 0.29) is 29.2 Å². The maximum atomic E-state index is 16.1. The highest BCUT2D eigenvalue weighted by Crippen LogP contribution is 2.79. The average molecular weight is 578 g/mol. The second-order valence-corrected chi connectivity index (χ2v) is 15.4. The largest absolute Gasteiger partial charge is 0.392 e. The lowest BCUT2D eigenvalue weighted by Gasteiger charge is -2.69. The van der Waals surface area contributed by atoms with Crippen molar-refractivity contribution in [2.45, 2.75) is 103 Å². The summed E-state index contributed by atoms with van der Waals surface area (Å²) in [5, 5.41) is 13.8. The third-order valence-electron chi connectivity index (χ3n) is 13.2. The van der Waals surface area contributed by atoms with Gasteiger partial charge in [0.1, 0.15) is 12.2 Å². The van der Waals surface area contributed by atoms with Crippen molar-refractivity contribution in [3.63, 3.8) is 0 Å². The number of aliphatic hydroxyl groups excluding tert-OH is 1. The Bertz CT molecular complexity index is 1140. The number of hydrogen-bond acceptors (Lipinski definition) is 6. The van der Waals surface area contributed by atoms with Gasteiger partial charge in [0.25, 0.3) is 0 Å². The number of nitrogens with zero attached hydrogens (tertiary/aromatic N) is 1. The van der Waals surface area contributed by atoms with E-state index in [1.165, 1.54) is 44.3 Å². The van der Waals surface area contributed by atoms with Gasteiger partial charge in [-0.2, -0.15) is 5.06 Å². The average Bonchev–Trinajstić information content (AvgIpc) is 3.37. The summed E-state index contributed by atoms with van der Waals surface area (Å²) in [5.74, 6) is 0.0169. The number of alkyl halides is 2. The van der Waals surface area contributed by atoms with Crippen LogP contribution < -0.4 is 0 Å². The number of carbonyl (C=O) groups is 2. The number of carbonyl (C=O) groups excluding carboxylic acids is 2. The molecule has 0 aromatic heterocycles. The minimum atomic E-state index is -1.32. The Kier molecular flexibility index (Phi) is 7.04. The van der Waals surface area contributed by atoms with Crippen LogP contribution >= 0.6 is 11.8 Å². The molecule has 5 fully saturated rings. The molecule has 0 unspecified atom stereocenters. The minimum Gasteiger partial charge on any atom is -0.392 e. The van der Waals surface area contributed by atoms with Crippen molar-refractivity contribution in [2.24, 2.45) is 39.4 Å². The Morgan fingerprint density at radius 3 is 2.60 bits per heavy atom. The summed E-state index contributed by atoms with van der Waals surface area (Å²) in [7, 11) is 0. The van der Waals surface area contributed by atoms with Crippen molar-refractivity contribution in [2.75, 3.05) is 19.1 Å². The van der Waals surface area contributed by atoms with Crippen LogP contribution in [0.1, 0.15) is 85.5 Å². The molecule has 4 saturated carbocycles. The number of rotatable bonds is 5. The fourth-order valence-corrected chi connectivity index (χ4v) is 11.4. The molecule has 0 amide bonds. The molecule has 8 heteroatoms. The molecule has 1 aliphatic heterocycles. The van der Waals surface area contributed by atoms with Gasteiger partial charge in [0.15, 0.2) is 11.4 Å². The smallest absolute Gasteiger partial charge is 0.226 e. The number of hydroxylamine groups is 2. The first-order chi connectivity index (χ1) is 18.9. The summed E-state index contributed by atoms with van der Waals surface area (Å²) in [6.07, 6.45) is 11.0. The second-order valence-electron chi connectivity index (χ2n) is 14.5. The van der Waals surface area contributed by atoms with Gasteiger partial charge in [0, 0.05) is 35.3 Å². The molecule has 0 spiro atoms. The Morgan fingerprint density at radius 1 is 1.18 bits per heavy atom. The van der Waals surface area contributed by atoms with E-state index in [0.717, 1.165) is 13.0 Å². The fraction of sp³-hybridized carbons (Fsp3) is 0.812. The Labute approximate surface area is 241 Å². The Balaban J connectivity index is 1.38. The molecule has 1 N–H and O–H groups in total. The molecule has 1 saturated heterocycles. The lowest BCUT2D eigenvalue weighted by molar-refractivity contribution is -0.280. The quantitative estimate of drug-likeness (QED) is 0.410. The molecule has 5 nitrogen and oxygen atoms in total. The molecule has 222 valence electrons. The maximum Gasteiger partial charge on any atom is 0.226 e. The summed E-state index contributed by atoms with van der Waals surface area (Å²) in [6, 6.07) is -0.827. The lowest BCUT2D eigenvalue weighted by atomic mass is 9.36. The van der Waals surface area contributed by atoms with E-state index in [2.05, 4.69) is 6.92 Å². The van der Waals surface area contributed by atoms with Crippen molar-refractivity contribution in [1.29, 1.82) is 0 Å². The van der Waals surface area contributed by atoms with Crippen LogP contribution in [-0.2, 0) is 14.4 Å². The molecule has 9 atom stereocenters. The molecule has 40 heavy (non-hydrogen) atoms. The van der Waals surface area contributed by atoms with E-state index < -0.39 is 45.5 Å². The topological polar surface area (TPSA) is 66.8 Å². The molecule has 6 rings (SSSR count). The van der Waals surface area contributed by atoms with Crippen LogP contribution in [0.25, 0.3) is 0 Å². The van der Waals surface area contributed by atoms with Gasteiger partial charge >= 0.3 is 0 Å². The normalized spacial score (nSPS) is 48.8. The van der Waals surface area contributed by atoms with E-state index in [0.29, 0.717) is 42.6 Å². The summed E-state index contributed by atoms with van der Waals surface area (Å²) in [6.45, 7) is 9.53. The SMILES string of the molecule is C[C@]12[C@@H](C[C@H](F)C3=CC(=O)C=C[C@@]31C)[C@]1(C)C[C@H]3CN(CCC4CCCCC4)O[C@@]3(C(=O)SCF)[C@@]1(C)C[C@@H]2O. The van der Waals surface area contributed by atoms with Crippen LogP contribution in [0.2, 0.25) is 0 Å². The van der Waals surface area contributed by atoms with Gasteiger partial charge < -0.3 is 5.11 Å². The first kappa shape index (κ1) is 29.0. The van der Waals surface area contributed by atoms with Crippen LogP contribution in [-0.4, -0.2) is 58.0 Å². The summed E-state index contributed by atoms with van der Waals surface area (Å²) >= 11 is 0.674. The third-order valence-corrected chi connectivity index (χ3v) is 13.9. The van der Waals surface area contributed by atoms with Gasteiger partial charge in [-0.15, -0.1) is 0 Å². The third kappa shape index (κ3) is 3.60. The highest BCUT2D eigenvalue weighted by molar-refractivity contribution is 8.13. The van der Waals surface area contributed by atoms with Gasteiger partial charge in [-0.1, -0.05) is 77.6 Å². The van der Waals surface area contributed by atoms with Crippen molar-refractivity contribution in [3.8, 4) is 0 Å². The lowest BCUT2D eigenvalue weighted by Crippen LogP contribution is -2.70. The number of allylic oxidation sites excluding steroid dienone is 4. The summed E-state index contributed by atoms with van der Waals surface area (Å²) in [4.78, 5) is 33.0. The molecule has 0 aromatic rings. The van der Waals surface area contributed by atoms with Crippen LogP contribution in [0.15, 0.2) is 23.8 Å². The zero-order valence-electron chi connectivity index (χ0n) is 24.4. The predicted octanol–water partition coefficient (Wildman–Crippen LogP) is 6.36. The number of thioether (sulfide) groups is 1. The highest BCUT2D eigenvalue weighted by atomic mass is 32.2. The molecule has 0 radical (unpaired) electrons. The number of hydrogen-bond donors (Lipinski definition) is 1. The molecule has 0 aromatic carbocycles. The first-order valence-electron chi connectivity index (χ1n) is 15.3. The van der Waals surface area contributed by atoms with Crippen LogP contribution in [0.5, 0.6) is 0 Å². The maximum absolute atomic E-state index is 16.1. The van der Waals surface area contributed by atoms with Crippen molar-refractivity contribution >= 4 is 22.7 Å². The Hall–Kier alpha value is -1.09. The molecule has 5 aliphatic carbocycles. The predicted molar refractivity (Wildman–Crippen MR) is 152 cm³/mol. The van der Waals surface area contributed by atoms with E-state index in [9.17, 15) is 19.1 Å². The van der Waals surface area contributed by atoms with Crippen LogP contribution in [0.3, 0.4) is 0 Å². The van der Waals surface area contributed by atoms with E-state index >= 15 is 4.39 Å². The van der Waals surface area contributed by atoms with Gasteiger partial charge in [0.05, 0.1) is 6.10 Å². The van der Waals surface area contributed by atoms with Gasteiger partial charge in [-0.3, -0.25) is 14.4 Å². The second kappa shape index (κ2) is 9.72.